The first-order valence-corrected chi connectivity index (χ1v) is 12.9. The van der Waals surface area contributed by atoms with Crippen molar-refractivity contribution in [3.8, 4) is 0 Å². The maximum absolute atomic E-state index is 13.7. The van der Waals surface area contributed by atoms with Crippen molar-refractivity contribution in [3.63, 3.8) is 0 Å². The first-order chi connectivity index (χ1) is 15.6. The molecule has 32 heavy (non-hydrogen) atoms. The molecule has 0 aromatic carbocycles. The van der Waals surface area contributed by atoms with Crippen LogP contribution in [-0.2, 0) is 19.1 Å². The average Bonchev–Trinajstić information content (AvgIpc) is 3.39. The topological polar surface area (TPSA) is 87.7 Å². The van der Waals surface area contributed by atoms with Crippen LogP contribution in [-0.4, -0.2) is 58.5 Å². The summed E-state index contributed by atoms with van der Waals surface area (Å²) in [7, 11) is 0. The van der Waals surface area contributed by atoms with E-state index in [1.165, 1.54) is 12.8 Å². The Morgan fingerprint density at radius 1 is 0.875 bits per heavy atom. The van der Waals surface area contributed by atoms with Gasteiger partial charge in [-0.25, -0.2) is 0 Å². The Labute approximate surface area is 189 Å². The number of nitrogens with one attached hydrogen (secondary N) is 2. The summed E-state index contributed by atoms with van der Waals surface area (Å²) in [6, 6.07) is -0.196. The monoisotopic (exact) mass is 441 g/mol. The molecule has 3 aliphatic carbocycles. The van der Waals surface area contributed by atoms with Gasteiger partial charge in [0.2, 0.25) is 17.7 Å². The molecule has 6 rings (SSSR count). The summed E-state index contributed by atoms with van der Waals surface area (Å²) < 4.78 is 6.41. The largest absolute Gasteiger partial charge is 0.359 e. The SMILES string of the molecule is O=C(NC1CCCCC1)[C@@H]1[C@H]2C(=O)N(C3CC3)[C@H](C(=O)NC3CCCCC3)[C@]23C=C[C@H]1O3. The predicted molar refractivity (Wildman–Crippen MR) is 117 cm³/mol. The molecule has 174 valence electrons. The van der Waals surface area contributed by atoms with Gasteiger partial charge >= 0.3 is 0 Å². The van der Waals surface area contributed by atoms with Gasteiger partial charge in [-0.2, -0.15) is 0 Å². The zero-order chi connectivity index (χ0) is 21.9. The lowest BCUT2D eigenvalue weighted by atomic mass is 9.74. The normalized spacial score (nSPS) is 39.4. The van der Waals surface area contributed by atoms with Gasteiger partial charge in [0, 0.05) is 18.1 Å². The van der Waals surface area contributed by atoms with Gasteiger partial charge in [0.05, 0.1) is 17.9 Å². The molecule has 0 unspecified atom stereocenters. The zero-order valence-electron chi connectivity index (χ0n) is 18.8. The number of ether oxygens (including phenoxy) is 1. The summed E-state index contributed by atoms with van der Waals surface area (Å²) in [5.74, 6) is -1.37. The smallest absolute Gasteiger partial charge is 0.246 e. The highest BCUT2D eigenvalue weighted by Gasteiger charge is 2.74. The van der Waals surface area contributed by atoms with Gasteiger partial charge in [-0.1, -0.05) is 50.7 Å². The molecule has 7 heteroatoms. The Hall–Kier alpha value is -1.89. The molecule has 3 saturated carbocycles. The van der Waals surface area contributed by atoms with Crippen LogP contribution >= 0.6 is 0 Å². The predicted octanol–water partition coefficient (Wildman–Crippen LogP) is 2.20. The summed E-state index contributed by atoms with van der Waals surface area (Å²) in [5, 5.41) is 6.47. The third-order valence-electron chi connectivity index (χ3n) is 8.71. The molecule has 3 amide bonds. The van der Waals surface area contributed by atoms with Crippen molar-refractivity contribution in [2.75, 3.05) is 0 Å². The molecular weight excluding hydrogens is 406 g/mol. The van der Waals surface area contributed by atoms with Crippen molar-refractivity contribution in [2.24, 2.45) is 11.8 Å². The molecule has 7 nitrogen and oxygen atoms in total. The van der Waals surface area contributed by atoms with Gasteiger partial charge in [0.25, 0.3) is 0 Å². The van der Waals surface area contributed by atoms with Crippen molar-refractivity contribution in [3.05, 3.63) is 12.2 Å². The molecule has 1 spiro atoms. The van der Waals surface area contributed by atoms with Gasteiger partial charge in [0.1, 0.15) is 11.6 Å². The van der Waals surface area contributed by atoms with Crippen molar-refractivity contribution >= 4 is 17.7 Å². The van der Waals surface area contributed by atoms with E-state index in [2.05, 4.69) is 10.6 Å². The van der Waals surface area contributed by atoms with Crippen LogP contribution in [0.2, 0.25) is 0 Å². The standard InChI is InChI=1S/C25H35N3O4/c29-22(26-15-7-3-1-4-8-15)19-18-13-14-25(32-18)20(19)24(31)28(17-11-12-17)21(25)23(30)27-16-9-5-2-6-10-16/h13-21H,1-12H2,(H,26,29)(H,27,30)/t18-,19+,20+,21-,25+/m1/s1. The van der Waals surface area contributed by atoms with Crippen LogP contribution in [0.15, 0.2) is 12.2 Å². The molecule has 2 N–H and O–H groups in total. The molecule has 3 heterocycles. The van der Waals surface area contributed by atoms with Gasteiger partial charge in [-0.3, -0.25) is 14.4 Å². The fraction of sp³-hybridized carbons (Fsp3) is 0.800. The maximum atomic E-state index is 13.7. The van der Waals surface area contributed by atoms with Crippen LogP contribution < -0.4 is 10.6 Å². The van der Waals surface area contributed by atoms with Crippen LogP contribution in [0.4, 0.5) is 0 Å². The fourth-order valence-corrected chi connectivity index (χ4v) is 7.02. The first kappa shape index (κ1) is 20.7. The van der Waals surface area contributed by atoms with E-state index < -0.39 is 29.6 Å². The van der Waals surface area contributed by atoms with Gasteiger partial charge in [-0.05, 0) is 38.5 Å². The molecular formula is C25H35N3O4. The van der Waals surface area contributed by atoms with E-state index in [0.717, 1.165) is 64.2 Å². The number of likely N-dealkylation sites (tertiary alicyclic amines) is 1. The van der Waals surface area contributed by atoms with Crippen molar-refractivity contribution in [2.45, 2.75) is 113 Å². The Balaban J connectivity index is 1.26. The third-order valence-corrected chi connectivity index (χ3v) is 8.71. The highest BCUT2D eigenvalue weighted by Crippen LogP contribution is 2.57. The Kier molecular flexibility index (Phi) is 5.08. The summed E-state index contributed by atoms with van der Waals surface area (Å²) in [6.07, 6.45) is 16.3. The molecule has 3 aliphatic heterocycles. The van der Waals surface area contributed by atoms with Gasteiger partial charge in [-0.15, -0.1) is 0 Å². The average molecular weight is 442 g/mol. The zero-order valence-corrected chi connectivity index (χ0v) is 18.8. The van der Waals surface area contributed by atoms with E-state index >= 15 is 0 Å². The van der Waals surface area contributed by atoms with Gasteiger partial charge < -0.3 is 20.3 Å². The Morgan fingerprint density at radius 2 is 1.47 bits per heavy atom. The first-order valence-electron chi connectivity index (χ1n) is 12.9. The lowest BCUT2D eigenvalue weighted by Crippen LogP contribution is -2.57. The lowest BCUT2D eigenvalue weighted by Gasteiger charge is -2.34. The maximum Gasteiger partial charge on any atom is 0.246 e. The van der Waals surface area contributed by atoms with E-state index in [1.807, 2.05) is 12.2 Å². The van der Waals surface area contributed by atoms with Crippen LogP contribution in [0.3, 0.4) is 0 Å². The number of hydrogen-bond acceptors (Lipinski definition) is 4. The van der Waals surface area contributed by atoms with Crippen molar-refractivity contribution < 1.29 is 19.1 Å². The molecule has 0 radical (unpaired) electrons. The number of carbonyl (C=O) groups excluding carboxylic acids is 3. The Morgan fingerprint density at radius 3 is 2.06 bits per heavy atom. The molecule has 2 bridgehead atoms. The minimum absolute atomic E-state index is 0.0630. The number of nitrogens with zero attached hydrogens (tertiary/aromatic N) is 1. The van der Waals surface area contributed by atoms with Crippen LogP contribution in [0.25, 0.3) is 0 Å². The molecule has 0 aromatic heterocycles. The van der Waals surface area contributed by atoms with Crippen molar-refractivity contribution in [1.82, 2.24) is 15.5 Å². The van der Waals surface area contributed by atoms with Crippen LogP contribution in [0.5, 0.6) is 0 Å². The summed E-state index contributed by atoms with van der Waals surface area (Å²) in [6.45, 7) is 0. The van der Waals surface area contributed by atoms with Crippen LogP contribution in [0.1, 0.15) is 77.0 Å². The number of amides is 3. The summed E-state index contributed by atoms with van der Waals surface area (Å²) in [4.78, 5) is 42.5. The van der Waals surface area contributed by atoms with Crippen molar-refractivity contribution in [1.29, 1.82) is 0 Å². The molecule has 6 aliphatic rings. The van der Waals surface area contributed by atoms with E-state index in [9.17, 15) is 14.4 Å². The van der Waals surface area contributed by atoms with E-state index in [1.54, 1.807) is 4.90 Å². The van der Waals surface area contributed by atoms with Gasteiger partial charge in [0.15, 0.2) is 0 Å². The lowest BCUT2D eigenvalue weighted by molar-refractivity contribution is -0.142. The third kappa shape index (κ3) is 3.22. The minimum atomic E-state index is -1.00. The molecule has 5 atom stereocenters. The number of carbonyl (C=O) groups is 3. The second-order valence-electron chi connectivity index (χ2n) is 10.9. The van der Waals surface area contributed by atoms with Crippen LogP contribution in [0, 0.1) is 11.8 Å². The highest BCUT2D eigenvalue weighted by atomic mass is 16.5. The minimum Gasteiger partial charge on any atom is -0.359 e. The number of hydrogen-bond donors (Lipinski definition) is 2. The summed E-state index contributed by atoms with van der Waals surface area (Å²) >= 11 is 0. The van der Waals surface area contributed by atoms with E-state index in [0.29, 0.717) is 0 Å². The second kappa shape index (κ2) is 7.86. The van der Waals surface area contributed by atoms with E-state index in [4.69, 9.17) is 4.74 Å². The molecule has 0 aromatic rings. The molecule has 2 saturated heterocycles. The quantitative estimate of drug-likeness (QED) is 0.641. The van der Waals surface area contributed by atoms with E-state index in [-0.39, 0.29) is 35.8 Å². The number of rotatable bonds is 5. The fourth-order valence-electron chi connectivity index (χ4n) is 7.02. The molecule has 5 fully saturated rings. The Bertz CT molecular complexity index is 827. The number of fused-ring (bicyclic) bond motifs is 1. The second-order valence-corrected chi connectivity index (χ2v) is 10.9. The summed E-state index contributed by atoms with van der Waals surface area (Å²) in [5.41, 5.74) is -1.00. The highest BCUT2D eigenvalue weighted by molar-refractivity contribution is 6.00.